The molecule has 2 fully saturated rings. The van der Waals surface area contributed by atoms with Crippen LogP contribution in [-0.4, -0.2) is 34.6 Å². The molecule has 4 atom stereocenters. The fraction of sp³-hybridized carbons (Fsp3) is 0.588. The van der Waals surface area contributed by atoms with Gasteiger partial charge in [0.25, 0.3) is 0 Å². The Labute approximate surface area is 130 Å². The molecule has 0 spiro atoms. The largest absolute Gasteiger partial charge is 0.480 e. The molecule has 1 saturated carbocycles. The third-order valence-electron chi connectivity index (χ3n) is 5.19. The molecule has 114 valence electrons. The van der Waals surface area contributed by atoms with E-state index in [1.165, 1.54) is 18.4 Å². The Morgan fingerprint density at radius 3 is 2.76 bits per heavy atom. The number of likely N-dealkylation sites (tertiary alicyclic amines) is 1. The Balaban J connectivity index is 1.72. The average molecular weight is 308 g/mol. The van der Waals surface area contributed by atoms with Crippen LogP contribution in [0.15, 0.2) is 24.3 Å². The van der Waals surface area contributed by atoms with Gasteiger partial charge >= 0.3 is 5.97 Å². The first-order valence-electron chi connectivity index (χ1n) is 7.79. The standard InChI is InChI=1S/C17H22ClNO2/c1-11(9-12-5-7-14(18)8-6-12)19-10-13-3-2-4-15(13)16(19)17(20)21/h5-8,11,13,15-16H,2-4,9-10H2,1H3,(H,20,21). The van der Waals surface area contributed by atoms with Gasteiger partial charge in [0.05, 0.1) is 0 Å². The smallest absolute Gasteiger partial charge is 0.321 e. The highest BCUT2D eigenvalue weighted by Crippen LogP contribution is 2.43. The SMILES string of the molecule is CC(Cc1ccc(Cl)cc1)N1CC2CCCC2C1C(=O)O. The number of rotatable bonds is 4. The molecule has 1 aromatic rings. The molecule has 1 heterocycles. The van der Waals surface area contributed by atoms with Crippen LogP contribution in [-0.2, 0) is 11.2 Å². The molecule has 1 aliphatic heterocycles. The zero-order valence-electron chi connectivity index (χ0n) is 12.3. The summed E-state index contributed by atoms with van der Waals surface area (Å²) >= 11 is 5.92. The van der Waals surface area contributed by atoms with E-state index in [1.54, 1.807) is 0 Å². The maximum atomic E-state index is 11.7. The number of benzene rings is 1. The molecule has 0 aromatic heterocycles. The van der Waals surface area contributed by atoms with Crippen molar-refractivity contribution in [2.24, 2.45) is 11.8 Å². The highest BCUT2D eigenvalue weighted by molar-refractivity contribution is 6.30. The highest BCUT2D eigenvalue weighted by Gasteiger charge is 2.48. The Bertz CT molecular complexity index is 516. The first-order valence-corrected chi connectivity index (χ1v) is 8.17. The van der Waals surface area contributed by atoms with Gasteiger partial charge in [-0.3, -0.25) is 9.69 Å². The minimum atomic E-state index is -0.646. The van der Waals surface area contributed by atoms with E-state index in [1.807, 2.05) is 24.3 Å². The fourth-order valence-corrected chi connectivity index (χ4v) is 4.32. The van der Waals surface area contributed by atoms with Crippen LogP contribution in [0.25, 0.3) is 0 Å². The molecule has 2 aliphatic rings. The van der Waals surface area contributed by atoms with Crippen LogP contribution in [0, 0.1) is 11.8 Å². The molecule has 0 amide bonds. The number of carbonyl (C=O) groups is 1. The molecule has 1 aromatic carbocycles. The van der Waals surface area contributed by atoms with Gasteiger partial charge in [-0.15, -0.1) is 0 Å². The molecular weight excluding hydrogens is 286 g/mol. The first kappa shape index (κ1) is 14.9. The van der Waals surface area contributed by atoms with E-state index in [0.717, 1.165) is 24.4 Å². The summed E-state index contributed by atoms with van der Waals surface area (Å²) in [7, 11) is 0. The number of halogens is 1. The predicted molar refractivity (Wildman–Crippen MR) is 83.6 cm³/mol. The van der Waals surface area contributed by atoms with Gasteiger partial charge in [-0.2, -0.15) is 0 Å². The molecule has 1 aliphatic carbocycles. The van der Waals surface area contributed by atoms with Crippen molar-refractivity contribution in [3.05, 3.63) is 34.9 Å². The third kappa shape index (κ3) is 2.95. The Hall–Kier alpha value is -1.06. The maximum Gasteiger partial charge on any atom is 0.321 e. The molecule has 3 rings (SSSR count). The molecular formula is C17H22ClNO2. The lowest BCUT2D eigenvalue weighted by Gasteiger charge is -2.30. The van der Waals surface area contributed by atoms with E-state index in [0.29, 0.717) is 11.8 Å². The molecule has 4 heteroatoms. The summed E-state index contributed by atoms with van der Waals surface area (Å²) in [5.41, 5.74) is 1.22. The molecule has 21 heavy (non-hydrogen) atoms. The van der Waals surface area contributed by atoms with Crippen molar-refractivity contribution in [2.45, 2.75) is 44.7 Å². The van der Waals surface area contributed by atoms with Gasteiger partial charge in [-0.05, 0) is 55.7 Å². The van der Waals surface area contributed by atoms with Crippen LogP contribution in [0.1, 0.15) is 31.7 Å². The van der Waals surface area contributed by atoms with E-state index < -0.39 is 5.97 Å². The lowest BCUT2D eigenvalue weighted by atomic mass is 9.94. The van der Waals surface area contributed by atoms with Crippen LogP contribution in [0.2, 0.25) is 5.02 Å². The second kappa shape index (κ2) is 5.98. The second-order valence-electron chi connectivity index (χ2n) is 6.51. The molecule has 4 unspecified atom stereocenters. The summed E-state index contributed by atoms with van der Waals surface area (Å²) in [6.07, 6.45) is 4.34. The van der Waals surface area contributed by atoms with Crippen LogP contribution in [0.5, 0.6) is 0 Å². The Morgan fingerprint density at radius 2 is 2.10 bits per heavy atom. The molecule has 1 saturated heterocycles. The second-order valence-corrected chi connectivity index (χ2v) is 6.95. The topological polar surface area (TPSA) is 40.5 Å². The molecule has 1 N–H and O–H groups in total. The van der Waals surface area contributed by atoms with Crippen molar-refractivity contribution >= 4 is 17.6 Å². The normalized spacial score (nSPS) is 30.3. The van der Waals surface area contributed by atoms with Crippen molar-refractivity contribution in [2.75, 3.05) is 6.54 Å². The van der Waals surface area contributed by atoms with Crippen molar-refractivity contribution in [1.82, 2.24) is 4.90 Å². The number of carboxylic acids is 1. The van der Waals surface area contributed by atoms with Gasteiger partial charge in [0.1, 0.15) is 6.04 Å². The summed E-state index contributed by atoms with van der Waals surface area (Å²) in [6.45, 7) is 3.09. The predicted octanol–water partition coefficient (Wildman–Crippen LogP) is 3.46. The third-order valence-corrected chi connectivity index (χ3v) is 5.44. The summed E-state index contributed by atoms with van der Waals surface area (Å²) < 4.78 is 0. The van der Waals surface area contributed by atoms with Crippen LogP contribution < -0.4 is 0 Å². The summed E-state index contributed by atoms with van der Waals surface area (Å²) in [4.78, 5) is 13.9. The minimum absolute atomic E-state index is 0.248. The van der Waals surface area contributed by atoms with E-state index in [2.05, 4.69) is 11.8 Å². The van der Waals surface area contributed by atoms with Gasteiger partial charge in [0.2, 0.25) is 0 Å². The van der Waals surface area contributed by atoms with Crippen LogP contribution in [0.3, 0.4) is 0 Å². The van der Waals surface area contributed by atoms with Crippen molar-refractivity contribution in [3.63, 3.8) is 0 Å². The maximum absolute atomic E-state index is 11.7. The highest BCUT2D eigenvalue weighted by atomic mass is 35.5. The molecule has 0 radical (unpaired) electrons. The van der Waals surface area contributed by atoms with Crippen LogP contribution >= 0.6 is 11.6 Å². The number of carboxylic acid groups (broad SMARTS) is 1. The van der Waals surface area contributed by atoms with Gasteiger partial charge in [0, 0.05) is 17.6 Å². The van der Waals surface area contributed by atoms with E-state index in [4.69, 9.17) is 11.6 Å². The molecule has 0 bridgehead atoms. The van der Waals surface area contributed by atoms with E-state index in [-0.39, 0.29) is 12.1 Å². The number of aliphatic carboxylic acids is 1. The summed E-state index contributed by atoms with van der Waals surface area (Å²) in [5, 5.41) is 10.4. The van der Waals surface area contributed by atoms with Crippen molar-refractivity contribution in [3.8, 4) is 0 Å². The fourth-order valence-electron chi connectivity index (χ4n) is 4.20. The zero-order chi connectivity index (χ0) is 15.0. The number of hydrogen-bond donors (Lipinski definition) is 1. The van der Waals surface area contributed by atoms with Gasteiger partial charge in [-0.1, -0.05) is 30.2 Å². The lowest BCUT2D eigenvalue weighted by molar-refractivity contribution is -0.144. The monoisotopic (exact) mass is 307 g/mol. The van der Waals surface area contributed by atoms with E-state index >= 15 is 0 Å². The van der Waals surface area contributed by atoms with Crippen LogP contribution in [0.4, 0.5) is 0 Å². The van der Waals surface area contributed by atoms with Gasteiger partial charge < -0.3 is 5.11 Å². The minimum Gasteiger partial charge on any atom is -0.480 e. The van der Waals surface area contributed by atoms with Crippen molar-refractivity contribution < 1.29 is 9.90 Å². The number of hydrogen-bond acceptors (Lipinski definition) is 2. The number of fused-ring (bicyclic) bond motifs is 1. The lowest BCUT2D eigenvalue weighted by Crippen LogP contribution is -2.45. The van der Waals surface area contributed by atoms with Crippen molar-refractivity contribution in [1.29, 1.82) is 0 Å². The quantitative estimate of drug-likeness (QED) is 0.926. The molecule has 3 nitrogen and oxygen atoms in total. The van der Waals surface area contributed by atoms with Gasteiger partial charge in [-0.25, -0.2) is 0 Å². The zero-order valence-corrected chi connectivity index (χ0v) is 13.1. The summed E-state index contributed by atoms with van der Waals surface area (Å²) in [6, 6.07) is 7.82. The average Bonchev–Trinajstić information content (AvgIpc) is 3.00. The first-order chi connectivity index (χ1) is 10.1. The van der Waals surface area contributed by atoms with Gasteiger partial charge in [0.15, 0.2) is 0 Å². The Morgan fingerprint density at radius 1 is 1.38 bits per heavy atom. The Kier molecular flexibility index (Phi) is 4.23. The summed E-state index contributed by atoms with van der Waals surface area (Å²) in [5.74, 6) is 0.293. The van der Waals surface area contributed by atoms with E-state index in [9.17, 15) is 9.90 Å². The number of nitrogens with zero attached hydrogens (tertiary/aromatic N) is 1.